The lowest BCUT2D eigenvalue weighted by Gasteiger charge is -2.42. The highest BCUT2D eigenvalue weighted by Gasteiger charge is 2.44. The van der Waals surface area contributed by atoms with Crippen LogP contribution in [0.3, 0.4) is 0 Å². The van der Waals surface area contributed by atoms with Gasteiger partial charge in [0.25, 0.3) is 11.8 Å². The van der Waals surface area contributed by atoms with E-state index in [1.54, 1.807) is 24.3 Å². The fourth-order valence-electron chi connectivity index (χ4n) is 5.56. The topological polar surface area (TPSA) is 102 Å². The highest BCUT2D eigenvalue weighted by atomic mass is 32.1. The van der Waals surface area contributed by atoms with Gasteiger partial charge >= 0.3 is 0 Å². The van der Waals surface area contributed by atoms with Gasteiger partial charge in [-0.2, -0.15) is 5.26 Å². The summed E-state index contributed by atoms with van der Waals surface area (Å²) >= 11 is 1.37. The minimum atomic E-state index is -1.08. The first kappa shape index (κ1) is 24.9. The highest BCUT2D eigenvalue weighted by molar-refractivity contribution is 7.17. The maximum absolute atomic E-state index is 13.8. The summed E-state index contributed by atoms with van der Waals surface area (Å²) in [6.07, 6.45) is 0.804. The van der Waals surface area contributed by atoms with Gasteiger partial charge in [-0.05, 0) is 57.4 Å². The third kappa shape index (κ3) is 4.35. The number of hydrogen-bond donors (Lipinski definition) is 2. The van der Waals surface area contributed by atoms with Crippen molar-refractivity contribution in [2.45, 2.75) is 57.7 Å². The van der Waals surface area contributed by atoms with Crippen LogP contribution < -0.4 is 10.6 Å². The Bertz CT molecular complexity index is 1430. The number of carbonyl (C=O) groups is 3. The van der Waals surface area contributed by atoms with Crippen molar-refractivity contribution in [1.82, 2.24) is 10.2 Å². The standard InChI is InChI=1S/C29H28N4O3S/c1-28(2)15-20-21(16-30)25(37-23(20)29(3,4)32-28)31-24(34)22(14-17-10-6-5-7-11-17)33-26(35)18-12-8-9-13-19(18)27(33)36/h5-13,22,32H,14-15H2,1-4H3,(H,31,34)/t22-/m0/s1. The molecule has 0 spiro atoms. The summed E-state index contributed by atoms with van der Waals surface area (Å²) in [6.45, 7) is 8.31. The SMILES string of the molecule is CC1(C)Cc2c(sc(NC(=O)[C@H](Cc3ccccc3)N3C(=O)c4ccccc4C3=O)c2C#N)C(C)(C)N1. The number of carbonyl (C=O) groups excluding carboxylic acids is 3. The second-order valence-electron chi connectivity index (χ2n) is 10.8. The van der Waals surface area contributed by atoms with Gasteiger partial charge in [0.1, 0.15) is 17.1 Å². The van der Waals surface area contributed by atoms with Crippen LogP contribution in [-0.4, -0.2) is 34.2 Å². The van der Waals surface area contributed by atoms with Crippen LogP contribution in [0.1, 0.15) is 70.0 Å². The number of rotatable bonds is 5. The predicted octanol–water partition coefficient (Wildman–Crippen LogP) is 4.63. The molecule has 5 rings (SSSR count). The quantitative estimate of drug-likeness (QED) is 0.486. The van der Waals surface area contributed by atoms with Gasteiger partial charge in [-0.25, -0.2) is 0 Å². The van der Waals surface area contributed by atoms with Crippen molar-refractivity contribution < 1.29 is 14.4 Å². The normalized spacial score (nSPS) is 18.1. The molecule has 0 unspecified atom stereocenters. The van der Waals surface area contributed by atoms with E-state index in [-0.39, 0.29) is 28.6 Å². The first-order valence-electron chi connectivity index (χ1n) is 12.2. The molecule has 8 heteroatoms. The maximum atomic E-state index is 13.8. The number of amides is 3. The third-order valence-electron chi connectivity index (χ3n) is 6.90. The van der Waals surface area contributed by atoms with Gasteiger partial charge in [-0.15, -0.1) is 11.3 Å². The number of hydrogen-bond acceptors (Lipinski definition) is 6. The zero-order valence-electron chi connectivity index (χ0n) is 21.2. The van der Waals surface area contributed by atoms with Crippen LogP contribution in [-0.2, 0) is 23.2 Å². The van der Waals surface area contributed by atoms with E-state index in [1.165, 1.54) is 11.3 Å². The fourth-order valence-corrected chi connectivity index (χ4v) is 6.79. The van der Waals surface area contributed by atoms with Gasteiger partial charge in [0, 0.05) is 22.4 Å². The molecule has 2 aliphatic rings. The zero-order valence-corrected chi connectivity index (χ0v) is 22.0. The molecule has 0 saturated carbocycles. The van der Waals surface area contributed by atoms with E-state index in [4.69, 9.17) is 0 Å². The molecule has 0 aliphatic carbocycles. The second kappa shape index (κ2) is 8.94. The summed E-state index contributed by atoms with van der Waals surface area (Å²) in [7, 11) is 0. The van der Waals surface area contributed by atoms with Crippen molar-refractivity contribution in [3.05, 3.63) is 87.3 Å². The predicted molar refractivity (Wildman–Crippen MR) is 142 cm³/mol. The van der Waals surface area contributed by atoms with Crippen molar-refractivity contribution in [2.75, 3.05) is 5.32 Å². The lowest BCUT2D eigenvalue weighted by Crippen LogP contribution is -2.54. The average Bonchev–Trinajstić information content (AvgIpc) is 3.31. The maximum Gasteiger partial charge on any atom is 0.262 e. The van der Waals surface area contributed by atoms with E-state index in [9.17, 15) is 19.6 Å². The van der Waals surface area contributed by atoms with Crippen molar-refractivity contribution in [3.8, 4) is 6.07 Å². The molecule has 3 aromatic rings. The van der Waals surface area contributed by atoms with Crippen molar-refractivity contribution in [3.63, 3.8) is 0 Å². The van der Waals surface area contributed by atoms with E-state index >= 15 is 0 Å². The first-order valence-corrected chi connectivity index (χ1v) is 13.0. The van der Waals surface area contributed by atoms with Crippen LogP contribution in [0.5, 0.6) is 0 Å². The Balaban J connectivity index is 1.53. The number of nitriles is 1. The summed E-state index contributed by atoms with van der Waals surface area (Å²) < 4.78 is 0. The minimum Gasteiger partial charge on any atom is -0.315 e. The number of nitrogens with one attached hydrogen (secondary N) is 2. The van der Waals surface area contributed by atoms with E-state index < -0.39 is 23.8 Å². The van der Waals surface area contributed by atoms with Crippen LogP contribution in [0, 0.1) is 11.3 Å². The zero-order chi connectivity index (χ0) is 26.5. The Hall–Kier alpha value is -3.80. The number of anilines is 1. The summed E-state index contributed by atoms with van der Waals surface area (Å²) in [5, 5.41) is 17.1. The Morgan fingerprint density at radius 2 is 1.65 bits per heavy atom. The van der Waals surface area contributed by atoms with Crippen LogP contribution >= 0.6 is 11.3 Å². The van der Waals surface area contributed by atoms with Crippen LogP contribution in [0.15, 0.2) is 54.6 Å². The molecule has 0 fully saturated rings. The Labute approximate surface area is 220 Å². The summed E-state index contributed by atoms with van der Waals surface area (Å²) in [5.41, 5.74) is 2.16. The molecule has 3 heterocycles. The highest BCUT2D eigenvalue weighted by Crippen LogP contribution is 2.45. The Kier molecular flexibility index (Phi) is 6.01. The molecule has 0 saturated heterocycles. The summed E-state index contributed by atoms with van der Waals surface area (Å²) in [5.74, 6) is -1.48. The number of fused-ring (bicyclic) bond motifs is 2. The van der Waals surface area contributed by atoms with Crippen LogP contribution in [0.4, 0.5) is 5.00 Å². The van der Waals surface area contributed by atoms with E-state index in [0.717, 1.165) is 20.9 Å². The van der Waals surface area contributed by atoms with E-state index in [1.807, 2.05) is 30.3 Å². The van der Waals surface area contributed by atoms with Crippen molar-refractivity contribution >= 4 is 34.1 Å². The van der Waals surface area contributed by atoms with Crippen molar-refractivity contribution in [2.24, 2.45) is 0 Å². The van der Waals surface area contributed by atoms with Gasteiger partial charge in [-0.3, -0.25) is 19.3 Å². The minimum absolute atomic E-state index is 0.158. The molecule has 0 radical (unpaired) electrons. The molecule has 7 nitrogen and oxygen atoms in total. The second-order valence-corrected chi connectivity index (χ2v) is 11.8. The molecule has 0 bridgehead atoms. The summed E-state index contributed by atoms with van der Waals surface area (Å²) in [6, 6.07) is 17.1. The van der Waals surface area contributed by atoms with Crippen molar-refractivity contribution in [1.29, 1.82) is 5.26 Å². The Morgan fingerprint density at radius 3 is 2.24 bits per heavy atom. The molecule has 37 heavy (non-hydrogen) atoms. The van der Waals surface area contributed by atoms with E-state index in [2.05, 4.69) is 44.4 Å². The molecule has 1 aromatic heterocycles. The van der Waals surface area contributed by atoms with Crippen LogP contribution in [0.25, 0.3) is 0 Å². The van der Waals surface area contributed by atoms with Gasteiger partial charge in [0.15, 0.2) is 0 Å². The molecule has 2 aliphatic heterocycles. The molecule has 3 amide bonds. The number of nitrogens with zero attached hydrogens (tertiary/aromatic N) is 2. The van der Waals surface area contributed by atoms with Gasteiger partial charge < -0.3 is 10.6 Å². The Morgan fingerprint density at radius 1 is 1.05 bits per heavy atom. The molecule has 2 N–H and O–H groups in total. The number of benzene rings is 2. The largest absolute Gasteiger partial charge is 0.315 e. The lowest BCUT2D eigenvalue weighted by atomic mass is 9.81. The molecule has 188 valence electrons. The first-order chi connectivity index (χ1) is 17.5. The number of thiophene rings is 1. The number of imide groups is 1. The molecule has 2 aromatic carbocycles. The van der Waals surface area contributed by atoms with Gasteiger partial charge in [0.05, 0.1) is 16.7 Å². The van der Waals surface area contributed by atoms with Gasteiger partial charge in [0.2, 0.25) is 5.91 Å². The molecule has 1 atom stereocenters. The fraction of sp³-hybridized carbons (Fsp3) is 0.310. The summed E-state index contributed by atoms with van der Waals surface area (Å²) in [4.78, 5) is 42.5. The van der Waals surface area contributed by atoms with Gasteiger partial charge in [-0.1, -0.05) is 42.5 Å². The van der Waals surface area contributed by atoms with Crippen LogP contribution in [0.2, 0.25) is 0 Å². The monoisotopic (exact) mass is 512 g/mol. The molecular weight excluding hydrogens is 484 g/mol. The third-order valence-corrected chi connectivity index (χ3v) is 8.38. The average molecular weight is 513 g/mol. The molecular formula is C29H28N4O3S. The lowest BCUT2D eigenvalue weighted by molar-refractivity contribution is -0.119. The van der Waals surface area contributed by atoms with E-state index in [0.29, 0.717) is 17.0 Å². The smallest absolute Gasteiger partial charge is 0.262 e.